The summed E-state index contributed by atoms with van der Waals surface area (Å²) in [6.45, 7) is 2.06. The third kappa shape index (κ3) is 5.21. The Morgan fingerprint density at radius 3 is 2.70 bits per heavy atom. The molecule has 0 spiro atoms. The van der Waals surface area contributed by atoms with Crippen molar-refractivity contribution < 1.29 is 19.4 Å². The number of carboxylic acids is 1. The third-order valence-electron chi connectivity index (χ3n) is 3.69. The first-order chi connectivity index (χ1) is 13.0. The number of nitrogens with zero attached hydrogens (tertiary/aromatic N) is 1. The molecule has 6 nitrogen and oxygen atoms in total. The van der Waals surface area contributed by atoms with Crippen LogP contribution in [0.5, 0.6) is 5.75 Å². The molecule has 3 rings (SSSR count). The summed E-state index contributed by atoms with van der Waals surface area (Å²) in [6, 6.07) is 14.9. The van der Waals surface area contributed by atoms with E-state index in [-0.39, 0.29) is 18.9 Å². The van der Waals surface area contributed by atoms with Gasteiger partial charge in [-0.2, -0.15) is 0 Å². The lowest BCUT2D eigenvalue weighted by molar-refractivity contribution is -0.137. The Labute approximate surface area is 161 Å². The summed E-state index contributed by atoms with van der Waals surface area (Å²) in [5.74, 6) is -0.622. The molecule has 1 fully saturated rings. The fourth-order valence-electron chi connectivity index (χ4n) is 2.34. The standard InChI is InChI=1S/C20H18N2O4S/c1-13-6-8-15(9-7-13)21-20-22-19(25)17(27-20)12-14-4-2-3-5-16(14)26-11-10-18(23)24/h2-9,12H,10-11H2,1H3,(H,23,24)(H,21,22,25)/b17-12+. The number of hydrogen-bond donors (Lipinski definition) is 2. The highest BCUT2D eigenvalue weighted by Gasteiger charge is 2.24. The van der Waals surface area contributed by atoms with E-state index in [0.29, 0.717) is 21.4 Å². The molecule has 2 aromatic carbocycles. The van der Waals surface area contributed by atoms with Gasteiger partial charge in [0.1, 0.15) is 5.75 Å². The molecule has 0 aromatic heterocycles. The van der Waals surface area contributed by atoms with Gasteiger partial charge in [-0.15, -0.1) is 0 Å². The minimum atomic E-state index is -0.923. The second-order valence-corrected chi connectivity index (χ2v) is 6.88. The predicted octanol–water partition coefficient (Wildman–Crippen LogP) is 3.74. The van der Waals surface area contributed by atoms with Gasteiger partial charge in [-0.05, 0) is 43.0 Å². The normalized spacial score (nSPS) is 16.6. The van der Waals surface area contributed by atoms with Crippen molar-refractivity contribution in [3.05, 3.63) is 64.6 Å². The summed E-state index contributed by atoms with van der Waals surface area (Å²) in [5.41, 5.74) is 2.61. The van der Waals surface area contributed by atoms with E-state index >= 15 is 0 Å². The van der Waals surface area contributed by atoms with Crippen LogP contribution in [0.25, 0.3) is 6.08 Å². The lowest BCUT2D eigenvalue weighted by Gasteiger charge is -2.08. The third-order valence-corrected chi connectivity index (χ3v) is 4.60. The van der Waals surface area contributed by atoms with Crippen molar-refractivity contribution in [3.8, 4) is 5.75 Å². The van der Waals surface area contributed by atoms with Gasteiger partial charge in [-0.25, -0.2) is 4.99 Å². The number of benzene rings is 2. The van der Waals surface area contributed by atoms with Crippen LogP contribution >= 0.6 is 11.8 Å². The number of amidine groups is 1. The van der Waals surface area contributed by atoms with Gasteiger partial charge in [0.2, 0.25) is 0 Å². The van der Waals surface area contributed by atoms with Crippen molar-refractivity contribution in [2.75, 3.05) is 6.61 Å². The van der Waals surface area contributed by atoms with Crippen LogP contribution in [0.4, 0.5) is 5.69 Å². The van der Waals surface area contributed by atoms with Crippen LogP contribution in [0.15, 0.2) is 58.4 Å². The average Bonchev–Trinajstić information content (AvgIpc) is 2.97. The van der Waals surface area contributed by atoms with Gasteiger partial charge in [-0.1, -0.05) is 35.9 Å². The number of aryl methyl sites for hydroxylation is 1. The summed E-state index contributed by atoms with van der Waals surface area (Å²) in [4.78, 5) is 27.8. The Kier molecular flexibility index (Phi) is 5.93. The number of aliphatic imine (C=N–C) groups is 1. The first-order valence-corrected chi connectivity index (χ1v) is 9.13. The second-order valence-electron chi connectivity index (χ2n) is 5.85. The zero-order valence-electron chi connectivity index (χ0n) is 14.6. The number of rotatable bonds is 6. The highest BCUT2D eigenvalue weighted by atomic mass is 32.2. The van der Waals surface area contributed by atoms with Gasteiger partial charge in [0.05, 0.1) is 23.6 Å². The van der Waals surface area contributed by atoms with Gasteiger partial charge < -0.3 is 15.2 Å². The maximum absolute atomic E-state index is 12.2. The molecule has 0 atom stereocenters. The number of ether oxygens (including phenoxy) is 1. The van der Waals surface area contributed by atoms with Crippen molar-refractivity contribution in [1.82, 2.24) is 5.32 Å². The number of carboxylic acid groups (broad SMARTS) is 1. The van der Waals surface area contributed by atoms with Crippen LogP contribution in [0, 0.1) is 6.92 Å². The summed E-state index contributed by atoms with van der Waals surface area (Å²) in [6.07, 6.45) is 1.63. The molecule has 1 aliphatic heterocycles. The molecule has 1 heterocycles. The number of carbonyl (C=O) groups excluding carboxylic acids is 1. The van der Waals surface area contributed by atoms with E-state index in [4.69, 9.17) is 9.84 Å². The van der Waals surface area contributed by atoms with Crippen molar-refractivity contribution in [1.29, 1.82) is 0 Å². The van der Waals surface area contributed by atoms with E-state index in [1.807, 2.05) is 43.3 Å². The number of carbonyl (C=O) groups is 2. The molecule has 2 N–H and O–H groups in total. The molecule has 2 aromatic rings. The lowest BCUT2D eigenvalue weighted by Crippen LogP contribution is -2.19. The molecule has 0 unspecified atom stereocenters. The van der Waals surface area contributed by atoms with E-state index in [1.54, 1.807) is 18.2 Å². The first kappa shape index (κ1) is 18.7. The van der Waals surface area contributed by atoms with E-state index in [1.165, 1.54) is 11.8 Å². The smallest absolute Gasteiger partial charge is 0.306 e. The van der Waals surface area contributed by atoms with Gasteiger partial charge in [0.25, 0.3) is 5.91 Å². The molecule has 1 aliphatic rings. The van der Waals surface area contributed by atoms with E-state index in [9.17, 15) is 9.59 Å². The minimum Gasteiger partial charge on any atom is -0.492 e. The molecule has 7 heteroatoms. The van der Waals surface area contributed by atoms with Crippen LogP contribution in [0.3, 0.4) is 0 Å². The Balaban J connectivity index is 1.76. The fourth-order valence-corrected chi connectivity index (χ4v) is 3.17. The van der Waals surface area contributed by atoms with Gasteiger partial charge in [0, 0.05) is 5.56 Å². The number of thioether (sulfide) groups is 1. The molecule has 0 saturated carbocycles. The number of hydrogen-bond acceptors (Lipinski definition) is 5. The summed E-state index contributed by atoms with van der Waals surface area (Å²) in [5, 5.41) is 12.0. The molecular formula is C20H18N2O4S. The van der Waals surface area contributed by atoms with Crippen LogP contribution in [0.1, 0.15) is 17.5 Å². The molecule has 0 aliphatic carbocycles. The Morgan fingerprint density at radius 1 is 1.22 bits per heavy atom. The zero-order valence-corrected chi connectivity index (χ0v) is 15.5. The zero-order chi connectivity index (χ0) is 19.2. The Morgan fingerprint density at radius 2 is 1.96 bits per heavy atom. The predicted molar refractivity (Wildman–Crippen MR) is 106 cm³/mol. The largest absolute Gasteiger partial charge is 0.492 e. The lowest BCUT2D eigenvalue weighted by atomic mass is 10.2. The topological polar surface area (TPSA) is 88.0 Å². The molecule has 0 bridgehead atoms. The minimum absolute atomic E-state index is 0.0645. The second kappa shape index (κ2) is 8.55. The highest BCUT2D eigenvalue weighted by Crippen LogP contribution is 2.30. The van der Waals surface area contributed by atoms with Gasteiger partial charge in [0.15, 0.2) is 5.17 Å². The molecule has 1 amide bonds. The monoisotopic (exact) mass is 382 g/mol. The molecule has 27 heavy (non-hydrogen) atoms. The Bertz CT molecular complexity index is 920. The van der Waals surface area contributed by atoms with Crippen LogP contribution in [-0.4, -0.2) is 28.8 Å². The molecular weight excluding hydrogens is 364 g/mol. The fraction of sp³-hybridized carbons (Fsp3) is 0.150. The maximum atomic E-state index is 12.2. The summed E-state index contributed by atoms with van der Waals surface area (Å²) in [7, 11) is 0. The quantitative estimate of drug-likeness (QED) is 0.743. The molecule has 138 valence electrons. The van der Waals surface area contributed by atoms with Crippen LogP contribution in [-0.2, 0) is 9.59 Å². The van der Waals surface area contributed by atoms with E-state index in [2.05, 4.69) is 10.3 Å². The summed E-state index contributed by atoms with van der Waals surface area (Å²) < 4.78 is 5.53. The number of para-hydroxylation sites is 1. The maximum Gasteiger partial charge on any atom is 0.306 e. The van der Waals surface area contributed by atoms with Gasteiger partial charge in [-0.3, -0.25) is 9.59 Å². The van der Waals surface area contributed by atoms with Crippen molar-refractivity contribution in [3.63, 3.8) is 0 Å². The van der Waals surface area contributed by atoms with E-state index < -0.39 is 5.97 Å². The number of amides is 1. The van der Waals surface area contributed by atoms with Crippen molar-refractivity contribution in [2.45, 2.75) is 13.3 Å². The highest BCUT2D eigenvalue weighted by molar-refractivity contribution is 8.18. The Hall–Kier alpha value is -3.06. The van der Waals surface area contributed by atoms with Crippen molar-refractivity contribution in [2.24, 2.45) is 4.99 Å². The first-order valence-electron chi connectivity index (χ1n) is 8.31. The number of aliphatic carboxylic acids is 1. The van der Waals surface area contributed by atoms with Crippen molar-refractivity contribution >= 4 is 40.6 Å². The van der Waals surface area contributed by atoms with Crippen LogP contribution in [0.2, 0.25) is 0 Å². The van der Waals surface area contributed by atoms with Gasteiger partial charge >= 0.3 is 5.97 Å². The molecule has 1 saturated heterocycles. The average molecular weight is 382 g/mol. The van der Waals surface area contributed by atoms with E-state index in [0.717, 1.165) is 11.3 Å². The number of nitrogens with one attached hydrogen (secondary N) is 1. The molecule has 0 radical (unpaired) electrons. The van der Waals surface area contributed by atoms with Crippen LogP contribution < -0.4 is 10.1 Å². The summed E-state index contributed by atoms with van der Waals surface area (Å²) >= 11 is 1.25. The SMILES string of the molecule is Cc1ccc(N=C2NC(=O)/C(=C\c3ccccc3OCCC(=O)O)S2)cc1.